The van der Waals surface area contributed by atoms with Crippen LogP contribution >= 0.6 is 0 Å². The maximum absolute atomic E-state index is 12.8. The highest BCUT2D eigenvalue weighted by atomic mass is 19.3. The fourth-order valence-corrected chi connectivity index (χ4v) is 2.41. The van der Waals surface area contributed by atoms with E-state index in [1.807, 2.05) is 7.05 Å². The average molecular weight is 375 g/mol. The summed E-state index contributed by atoms with van der Waals surface area (Å²) < 4.78 is 59.7. The van der Waals surface area contributed by atoms with E-state index in [9.17, 15) is 17.6 Å². The molecule has 1 atom stereocenters. The molecule has 0 amide bonds. The molecule has 142 valence electrons. The Kier molecular flexibility index (Phi) is 5.37. The molecular weight excluding hydrogens is 358 g/mol. The summed E-state index contributed by atoms with van der Waals surface area (Å²) in [6, 6.07) is 2.73. The molecule has 0 bridgehead atoms. The Bertz CT molecular complexity index is 725. The lowest BCUT2D eigenvalue weighted by molar-refractivity contribution is -0.148. The minimum absolute atomic E-state index is 0.0200. The van der Waals surface area contributed by atoms with Crippen LogP contribution in [0.25, 0.3) is 11.5 Å². The fourth-order valence-electron chi connectivity index (χ4n) is 2.41. The maximum atomic E-state index is 12.8. The molecule has 2 aromatic rings. The lowest BCUT2D eigenvalue weighted by atomic mass is 10.2. The standard InChI is InChI=1S/C15H17F4N5O2/c1-24-5-4-20-7-10(24)12-22-13(26-23-12)9-2-3-11(21-6-9)25-8-15(18,19)14(16)17/h2-3,6,10,14,20H,4-5,7-8H2,1H3. The van der Waals surface area contributed by atoms with Gasteiger partial charge >= 0.3 is 12.3 Å². The molecular formula is C15H17F4N5O2. The van der Waals surface area contributed by atoms with Gasteiger partial charge in [-0.25, -0.2) is 13.8 Å². The summed E-state index contributed by atoms with van der Waals surface area (Å²) in [5, 5.41) is 7.22. The highest BCUT2D eigenvalue weighted by Gasteiger charge is 2.41. The summed E-state index contributed by atoms with van der Waals surface area (Å²) in [5.74, 6) is -3.70. The van der Waals surface area contributed by atoms with E-state index in [1.54, 1.807) is 0 Å². The van der Waals surface area contributed by atoms with Crippen LogP contribution in [0.15, 0.2) is 22.9 Å². The molecule has 0 radical (unpaired) electrons. The van der Waals surface area contributed by atoms with E-state index in [0.717, 1.165) is 13.1 Å². The van der Waals surface area contributed by atoms with Crippen molar-refractivity contribution in [2.75, 3.05) is 33.3 Å². The zero-order valence-corrected chi connectivity index (χ0v) is 13.8. The number of hydrogen-bond acceptors (Lipinski definition) is 7. The number of hydrogen-bond donors (Lipinski definition) is 1. The molecule has 0 aliphatic carbocycles. The van der Waals surface area contributed by atoms with Crippen LogP contribution in [0.2, 0.25) is 0 Å². The number of nitrogens with zero attached hydrogens (tertiary/aromatic N) is 4. The molecule has 3 rings (SSSR count). The maximum Gasteiger partial charge on any atom is 0.340 e. The molecule has 1 N–H and O–H groups in total. The number of aromatic nitrogens is 3. The van der Waals surface area contributed by atoms with Crippen LogP contribution in [0.4, 0.5) is 17.6 Å². The van der Waals surface area contributed by atoms with Gasteiger partial charge in [-0.05, 0) is 13.1 Å². The lowest BCUT2D eigenvalue weighted by Crippen LogP contribution is -2.44. The third-order valence-electron chi connectivity index (χ3n) is 3.97. The number of likely N-dealkylation sites (N-methyl/N-ethyl adjacent to an activating group) is 1. The number of alkyl halides is 4. The van der Waals surface area contributed by atoms with Crippen LogP contribution < -0.4 is 10.1 Å². The third-order valence-corrected chi connectivity index (χ3v) is 3.97. The summed E-state index contributed by atoms with van der Waals surface area (Å²) in [4.78, 5) is 10.2. The van der Waals surface area contributed by atoms with Crippen molar-refractivity contribution < 1.29 is 26.8 Å². The Morgan fingerprint density at radius 3 is 2.88 bits per heavy atom. The first-order valence-corrected chi connectivity index (χ1v) is 7.86. The smallest absolute Gasteiger partial charge is 0.340 e. The van der Waals surface area contributed by atoms with Crippen LogP contribution in [-0.2, 0) is 0 Å². The fraction of sp³-hybridized carbons (Fsp3) is 0.533. The van der Waals surface area contributed by atoms with E-state index >= 15 is 0 Å². The minimum Gasteiger partial charge on any atom is -0.471 e. The van der Waals surface area contributed by atoms with E-state index in [4.69, 9.17) is 4.52 Å². The molecule has 1 aliphatic rings. The molecule has 0 saturated carbocycles. The van der Waals surface area contributed by atoms with Crippen molar-refractivity contribution in [3.05, 3.63) is 24.2 Å². The molecule has 1 saturated heterocycles. The van der Waals surface area contributed by atoms with E-state index in [0.29, 0.717) is 17.9 Å². The monoisotopic (exact) mass is 375 g/mol. The van der Waals surface area contributed by atoms with Gasteiger partial charge in [0, 0.05) is 31.9 Å². The number of halogens is 4. The first-order chi connectivity index (χ1) is 12.4. The Labute approximate surface area is 146 Å². The third kappa shape index (κ3) is 4.10. The van der Waals surface area contributed by atoms with Crippen LogP contribution in [0.1, 0.15) is 11.9 Å². The van der Waals surface area contributed by atoms with Crippen molar-refractivity contribution in [2.24, 2.45) is 0 Å². The molecule has 0 aromatic carbocycles. The molecule has 2 aromatic heterocycles. The van der Waals surface area contributed by atoms with Crippen molar-refractivity contribution >= 4 is 0 Å². The lowest BCUT2D eigenvalue weighted by Gasteiger charge is -2.30. The molecule has 1 aliphatic heterocycles. The Morgan fingerprint density at radius 2 is 2.23 bits per heavy atom. The molecule has 1 unspecified atom stereocenters. The predicted molar refractivity (Wildman–Crippen MR) is 82.2 cm³/mol. The molecule has 1 fully saturated rings. The van der Waals surface area contributed by atoms with Crippen molar-refractivity contribution in [1.29, 1.82) is 0 Å². The van der Waals surface area contributed by atoms with E-state index in [2.05, 4.69) is 30.1 Å². The van der Waals surface area contributed by atoms with Crippen molar-refractivity contribution in [1.82, 2.24) is 25.3 Å². The number of ether oxygens (including phenoxy) is 1. The summed E-state index contributed by atoms with van der Waals surface area (Å²) in [6.07, 6.45) is -2.51. The Morgan fingerprint density at radius 1 is 1.42 bits per heavy atom. The molecule has 0 spiro atoms. The van der Waals surface area contributed by atoms with Gasteiger partial charge in [-0.3, -0.25) is 4.90 Å². The van der Waals surface area contributed by atoms with Gasteiger partial charge in [-0.2, -0.15) is 13.8 Å². The van der Waals surface area contributed by atoms with Crippen molar-refractivity contribution in [2.45, 2.75) is 18.4 Å². The number of rotatable bonds is 6. The van der Waals surface area contributed by atoms with Crippen LogP contribution in [0, 0.1) is 0 Å². The molecule has 11 heteroatoms. The second-order valence-corrected chi connectivity index (χ2v) is 5.89. The minimum atomic E-state index is -4.23. The van der Waals surface area contributed by atoms with Gasteiger partial charge < -0.3 is 14.6 Å². The van der Waals surface area contributed by atoms with Gasteiger partial charge in [0.05, 0.1) is 11.6 Å². The first kappa shape index (κ1) is 18.5. The van der Waals surface area contributed by atoms with E-state index in [1.165, 1.54) is 18.3 Å². The van der Waals surface area contributed by atoms with Gasteiger partial charge in [0.2, 0.25) is 5.88 Å². The van der Waals surface area contributed by atoms with Gasteiger partial charge in [-0.15, -0.1) is 0 Å². The number of nitrogens with one attached hydrogen (secondary N) is 1. The highest BCUT2D eigenvalue weighted by molar-refractivity contribution is 5.51. The van der Waals surface area contributed by atoms with Gasteiger partial charge in [0.25, 0.3) is 5.89 Å². The summed E-state index contributed by atoms with van der Waals surface area (Å²) in [6.45, 7) is 0.973. The molecule has 26 heavy (non-hydrogen) atoms. The SMILES string of the molecule is CN1CCNCC1c1noc(-c2ccc(OCC(F)(F)C(F)F)nc2)n1. The van der Waals surface area contributed by atoms with Gasteiger partial charge in [-0.1, -0.05) is 5.16 Å². The predicted octanol–water partition coefficient (Wildman–Crippen LogP) is 1.99. The number of pyridine rings is 1. The first-order valence-electron chi connectivity index (χ1n) is 7.86. The van der Waals surface area contributed by atoms with E-state index < -0.39 is 19.0 Å². The number of piperazine rings is 1. The molecule has 7 nitrogen and oxygen atoms in total. The van der Waals surface area contributed by atoms with Crippen LogP contribution in [0.3, 0.4) is 0 Å². The summed E-state index contributed by atoms with van der Waals surface area (Å²) in [5.41, 5.74) is 0.461. The average Bonchev–Trinajstić information content (AvgIpc) is 3.10. The zero-order valence-electron chi connectivity index (χ0n) is 13.8. The Hall–Kier alpha value is -2.27. The zero-order chi connectivity index (χ0) is 18.7. The van der Waals surface area contributed by atoms with Crippen molar-refractivity contribution in [3.8, 4) is 17.3 Å². The second-order valence-electron chi connectivity index (χ2n) is 5.89. The highest BCUT2D eigenvalue weighted by Crippen LogP contribution is 2.25. The summed E-state index contributed by atoms with van der Waals surface area (Å²) >= 11 is 0. The Balaban J connectivity index is 1.65. The van der Waals surface area contributed by atoms with Gasteiger partial charge in [0.1, 0.15) is 0 Å². The van der Waals surface area contributed by atoms with Crippen LogP contribution in [-0.4, -0.2) is 65.7 Å². The van der Waals surface area contributed by atoms with E-state index in [-0.39, 0.29) is 17.8 Å². The quantitative estimate of drug-likeness (QED) is 0.774. The summed E-state index contributed by atoms with van der Waals surface area (Å²) in [7, 11) is 1.96. The van der Waals surface area contributed by atoms with Crippen LogP contribution in [0.5, 0.6) is 5.88 Å². The normalized spacial score (nSPS) is 19.1. The largest absolute Gasteiger partial charge is 0.471 e. The second kappa shape index (κ2) is 7.54. The van der Waals surface area contributed by atoms with Gasteiger partial charge in [0.15, 0.2) is 12.4 Å². The molecule has 3 heterocycles. The topological polar surface area (TPSA) is 76.3 Å². The van der Waals surface area contributed by atoms with Crippen molar-refractivity contribution in [3.63, 3.8) is 0 Å².